The molecule has 0 bridgehead atoms. The Labute approximate surface area is 124 Å². The third-order valence-electron chi connectivity index (χ3n) is 3.78. The van der Waals surface area contributed by atoms with Crippen molar-refractivity contribution >= 4 is 22.6 Å². The standard InChI is InChI=1S/C17H19NO3/c1-4-18(17(2,3)16(20)21)15(19)14-11-7-9-12-8-5-6-10-13(12)14/h5-11H,4H2,1-3H3,(H,20,21). The van der Waals surface area contributed by atoms with Gasteiger partial charge in [0.2, 0.25) is 0 Å². The first kappa shape index (κ1) is 15.0. The van der Waals surface area contributed by atoms with Crippen molar-refractivity contribution in [3.8, 4) is 0 Å². The lowest BCUT2D eigenvalue weighted by atomic mass is 9.99. The maximum Gasteiger partial charge on any atom is 0.329 e. The summed E-state index contributed by atoms with van der Waals surface area (Å²) in [5.41, 5.74) is -0.716. The van der Waals surface area contributed by atoms with Crippen molar-refractivity contribution in [2.45, 2.75) is 26.3 Å². The third-order valence-corrected chi connectivity index (χ3v) is 3.78. The quantitative estimate of drug-likeness (QED) is 0.938. The Kier molecular flexibility index (Phi) is 3.98. The molecule has 0 aliphatic rings. The number of rotatable bonds is 4. The van der Waals surface area contributed by atoms with E-state index >= 15 is 0 Å². The molecule has 21 heavy (non-hydrogen) atoms. The molecule has 2 aromatic rings. The zero-order valence-corrected chi connectivity index (χ0v) is 12.5. The Morgan fingerprint density at radius 3 is 2.33 bits per heavy atom. The Balaban J connectivity index is 2.53. The lowest BCUT2D eigenvalue weighted by Crippen LogP contribution is -2.52. The predicted molar refractivity (Wildman–Crippen MR) is 82.4 cm³/mol. The van der Waals surface area contributed by atoms with Crippen LogP contribution in [0.5, 0.6) is 0 Å². The van der Waals surface area contributed by atoms with Gasteiger partial charge in [-0.2, -0.15) is 0 Å². The number of carbonyl (C=O) groups is 2. The second kappa shape index (κ2) is 5.56. The summed E-state index contributed by atoms with van der Waals surface area (Å²) in [5.74, 6) is -1.28. The summed E-state index contributed by atoms with van der Waals surface area (Å²) in [6.07, 6.45) is 0. The summed E-state index contributed by atoms with van der Waals surface area (Å²) < 4.78 is 0. The third kappa shape index (κ3) is 2.61. The maximum absolute atomic E-state index is 12.8. The van der Waals surface area contributed by atoms with E-state index in [1.54, 1.807) is 26.8 Å². The van der Waals surface area contributed by atoms with E-state index in [1.165, 1.54) is 4.90 Å². The first-order valence-corrected chi connectivity index (χ1v) is 6.92. The number of nitrogens with zero attached hydrogens (tertiary/aromatic N) is 1. The fourth-order valence-corrected chi connectivity index (χ4v) is 2.47. The number of carboxylic acid groups (broad SMARTS) is 1. The van der Waals surface area contributed by atoms with E-state index in [2.05, 4.69) is 0 Å². The number of likely N-dealkylation sites (N-methyl/N-ethyl adjacent to an activating group) is 1. The van der Waals surface area contributed by atoms with Crippen molar-refractivity contribution in [2.75, 3.05) is 6.54 Å². The van der Waals surface area contributed by atoms with Crippen LogP contribution in [0.15, 0.2) is 42.5 Å². The molecule has 2 aromatic carbocycles. The number of aliphatic carboxylic acids is 1. The van der Waals surface area contributed by atoms with Crippen LogP contribution in [0, 0.1) is 0 Å². The second-order valence-electron chi connectivity index (χ2n) is 5.44. The molecule has 0 unspecified atom stereocenters. The van der Waals surface area contributed by atoms with Crippen LogP contribution < -0.4 is 0 Å². The van der Waals surface area contributed by atoms with Gasteiger partial charge in [-0.15, -0.1) is 0 Å². The summed E-state index contributed by atoms with van der Waals surface area (Å²) in [4.78, 5) is 25.6. The fourth-order valence-electron chi connectivity index (χ4n) is 2.47. The number of amides is 1. The van der Waals surface area contributed by atoms with E-state index in [-0.39, 0.29) is 5.91 Å². The van der Waals surface area contributed by atoms with Crippen molar-refractivity contribution < 1.29 is 14.7 Å². The van der Waals surface area contributed by atoms with E-state index in [4.69, 9.17) is 0 Å². The van der Waals surface area contributed by atoms with Crippen LogP contribution in [0.3, 0.4) is 0 Å². The number of hydrogen-bond donors (Lipinski definition) is 1. The summed E-state index contributed by atoms with van der Waals surface area (Å²) >= 11 is 0. The van der Waals surface area contributed by atoms with Crippen molar-refractivity contribution in [3.63, 3.8) is 0 Å². The highest BCUT2D eigenvalue weighted by molar-refractivity contribution is 6.08. The molecule has 4 nitrogen and oxygen atoms in total. The predicted octanol–water partition coefficient (Wildman–Crippen LogP) is 3.17. The molecule has 0 atom stereocenters. The molecule has 0 saturated carbocycles. The second-order valence-corrected chi connectivity index (χ2v) is 5.44. The zero-order chi connectivity index (χ0) is 15.6. The molecule has 0 heterocycles. The molecule has 0 spiro atoms. The molecule has 0 aliphatic carbocycles. The van der Waals surface area contributed by atoms with Crippen LogP contribution in [-0.4, -0.2) is 34.0 Å². The monoisotopic (exact) mass is 285 g/mol. The lowest BCUT2D eigenvalue weighted by molar-refractivity contribution is -0.147. The van der Waals surface area contributed by atoms with Gasteiger partial charge in [-0.05, 0) is 37.6 Å². The van der Waals surface area contributed by atoms with E-state index in [0.717, 1.165) is 10.8 Å². The summed E-state index contributed by atoms with van der Waals surface area (Å²) in [5, 5.41) is 11.2. The highest BCUT2D eigenvalue weighted by Gasteiger charge is 2.37. The van der Waals surface area contributed by atoms with E-state index in [1.807, 2.05) is 36.4 Å². The first-order valence-electron chi connectivity index (χ1n) is 6.92. The summed E-state index contributed by atoms with van der Waals surface area (Å²) in [7, 11) is 0. The normalized spacial score (nSPS) is 11.4. The molecule has 0 fully saturated rings. The number of hydrogen-bond acceptors (Lipinski definition) is 2. The Hall–Kier alpha value is -2.36. The summed E-state index contributed by atoms with van der Waals surface area (Å²) in [6.45, 7) is 5.21. The molecule has 0 aliphatic heterocycles. The minimum absolute atomic E-state index is 0.262. The minimum Gasteiger partial charge on any atom is -0.480 e. The number of carboxylic acids is 1. The first-order chi connectivity index (χ1) is 9.89. The van der Waals surface area contributed by atoms with Crippen molar-refractivity contribution in [1.82, 2.24) is 4.90 Å². The van der Waals surface area contributed by atoms with Gasteiger partial charge < -0.3 is 10.0 Å². The Morgan fingerprint density at radius 1 is 1.10 bits per heavy atom. The van der Waals surface area contributed by atoms with Gasteiger partial charge in [-0.3, -0.25) is 4.79 Å². The zero-order valence-electron chi connectivity index (χ0n) is 12.5. The van der Waals surface area contributed by atoms with Crippen molar-refractivity contribution in [3.05, 3.63) is 48.0 Å². The van der Waals surface area contributed by atoms with Gasteiger partial charge in [0, 0.05) is 12.1 Å². The van der Waals surface area contributed by atoms with Crippen LogP contribution in [0.2, 0.25) is 0 Å². The number of carbonyl (C=O) groups excluding carboxylic acids is 1. The van der Waals surface area contributed by atoms with Crippen molar-refractivity contribution in [2.24, 2.45) is 0 Å². The van der Waals surface area contributed by atoms with Gasteiger partial charge >= 0.3 is 5.97 Å². The molecule has 110 valence electrons. The SMILES string of the molecule is CCN(C(=O)c1cccc2ccccc12)C(C)(C)C(=O)O. The van der Waals surface area contributed by atoms with E-state index in [9.17, 15) is 14.7 Å². The Bertz CT molecular complexity index is 686. The van der Waals surface area contributed by atoms with Gasteiger partial charge in [0.1, 0.15) is 5.54 Å². The summed E-state index contributed by atoms with van der Waals surface area (Å²) in [6, 6.07) is 13.1. The smallest absolute Gasteiger partial charge is 0.329 e. The molecule has 1 N–H and O–H groups in total. The molecule has 0 radical (unpaired) electrons. The van der Waals surface area contributed by atoms with Crippen LogP contribution in [0.4, 0.5) is 0 Å². The largest absolute Gasteiger partial charge is 0.480 e. The molecule has 0 aromatic heterocycles. The average Bonchev–Trinajstić information content (AvgIpc) is 2.46. The van der Waals surface area contributed by atoms with Crippen LogP contribution in [0.1, 0.15) is 31.1 Å². The highest BCUT2D eigenvalue weighted by atomic mass is 16.4. The molecular weight excluding hydrogens is 266 g/mol. The fraction of sp³-hybridized carbons (Fsp3) is 0.294. The van der Waals surface area contributed by atoms with Crippen LogP contribution >= 0.6 is 0 Å². The van der Waals surface area contributed by atoms with E-state index in [0.29, 0.717) is 12.1 Å². The van der Waals surface area contributed by atoms with Gasteiger partial charge in [-0.25, -0.2) is 4.79 Å². The minimum atomic E-state index is -1.25. The van der Waals surface area contributed by atoms with E-state index < -0.39 is 11.5 Å². The molecule has 1 amide bonds. The van der Waals surface area contributed by atoms with Gasteiger partial charge in [-0.1, -0.05) is 36.4 Å². The molecule has 4 heteroatoms. The van der Waals surface area contributed by atoms with Crippen LogP contribution in [0.25, 0.3) is 10.8 Å². The average molecular weight is 285 g/mol. The van der Waals surface area contributed by atoms with Gasteiger partial charge in [0.25, 0.3) is 5.91 Å². The van der Waals surface area contributed by atoms with Crippen LogP contribution in [-0.2, 0) is 4.79 Å². The molecular formula is C17H19NO3. The number of benzene rings is 2. The lowest BCUT2D eigenvalue weighted by Gasteiger charge is -2.34. The van der Waals surface area contributed by atoms with Gasteiger partial charge in [0.05, 0.1) is 0 Å². The Morgan fingerprint density at radius 2 is 1.71 bits per heavy atom. The van der Waals surface area contributed by atoms with Gasteiger partial charge in [0.15, 0.2) is 0 Å². The molecule has 0 saturated heterocycles. The topological polar surface area (TPSA) is 57.6 Å². The molecule has 2 rings (SSSR count). The maximum atomic E-state index is 12.8. The highest BCUT2D eigenvalue weighted by Crippen LogP contribution is 2.23. The van der Waals surface area contributed by atoms with Crippen molar-refractivity contribution in [1.29, 1.82) is 0 Å². The number of fused-ring (bicyclic) bond motifs is 1.